The SMILES string of the molecule is CNC(=O)C(CS)N(C(=O)C(N)=O)C(CS)C(=O)NC. The van der Waals surface area contributed by atoms with E-state index in [4.69, 9.17) is 5.73 Å². The van der Waals surface area contributed by atoms with Gasteiger partial charge in [0.2, 0.25) is 11.8 Å². The molecule has 0 saturated carbocycles. The molecule has 0 bridgehead atoms. The van der Waals surface area contributed by atoms with Crippen molar-refractivity contribution in [2.75, 3.05) is 25.6 Å². The van der Waals surface area contributed by atoms with Crippen molar-refractivity contribution in [2.45, 2.75) is 12.1 Å². The van der Waals surface area contributed by atoms with Crippen LogP contribution >= 0.6 is 25.3 Å². The zero-order valence-corrected chi connectivity index (χ0v) is 12.9. The first-order valence-corrected chi connectivity index (χ1v) is 6.89. The first kappa shape index (κ1) is 18.6. The van der Waals surface area contributed by atoms with E-state index in [1.807, 2.05) is 0 Å². The van der Waals surface area contributed by atoms with Crippen molar-refractivity contribution in [1.82, 2.24) is 15.5 Å². The number of likely N-dealkylation sites (N-methyl/N-ethyl adjacent to an activating group) is 2. The quantitative estimate of drug-likeness (QED) is 0.272. The molecule has 4 amide bonds. The number of thiol groups is 2. The van der Waals surface area contributed by atoms with Gasteiger partial charge in [-0.15, -0.1) is 0 Å². The van der Waals surface area contributed by atoms with Gasteiger partial charge in [-0.25, -0.2) is 0 Å². The molecule has 0 spiro atoms. The summed E-state index contributed by atoms with van der Waals surface area (Å²) in [6.45, 7) is 0. The third-order valence-electron chi connectivity index (χ3n) is 2.56. The van der Waals surface area contributed by atoms with Gasteiger partial charge < -0.3 is 21.3 Å². The van der Waals surface area contributed by atoms with Crippen LogP contribution in [0.1, 0.15) is 0 Å². The molecule has 114 valence electrons. The summed E-state index contributed by atoms with van der Waals surface area (Å²) in [5.74, 6) is -3.71. The van der Waals surface area contributed by atoms with Crippen molar-refractivity contribution in [3.63, 3.8) is 0 Å². The third-order valence-corrected chi connectivity index (χ3v) is 3.25. The largest absolute Gasteiger partial charge is 0.361 e. The predicted molar refractivity (Wildman–Crippen MR) is 79.5 cm³/mol. The Morgan fingerprint density at radius 3 is 1.55 bits per heavy atom. The first-order valence-electron chi connectivity index (χ1n) is 5.62. The van der Waals surface area contributed by atoms with Crippen LogP contribution in [0.2, 0.25) is 0 Å². The highest BCUT2D eigenvalue weighted by Crippen LogP contribution is 2.11. The summed E-state index contributed by atoms with van der Waals surface area (Å²) in [5, 5.41) is 4.67. The van der Waals surface area contributed by atoms with Gasteiger partial charge >= 0.3 is 11.8 Å². The summed E-state index contributed by atoms with van der Waals surface area (Å²) < 4.78 is 0. The molecule has 0 saturated heterocycles. The molecule has 10 heteroatoms. The Kier molecular flexibility index (Phi) is 8.07. The standard InChI is InChI=1S/C10H18N4O4S2/c1-12-8(16)5(3-19)14(10(18)7(11)15)6(4-20)9(17)13-2/h5-6,19-20H,3-4H2,1-2H3,(H2,11,15)(H,12,16)(H,13,17). The van der Waals surface area contributed by atoms with E-state index in [2.05, 4.69) is 35.9 Å². The topological polar surface area (TPSA) is 122 Å². The van der Waals surface area contributed by atoms with E-state index in [1.54, 1.807) is 0 Å². The molecule has 2 unspecified atom stereocenters. The molecule has 0 aliphatic heterocycles. The molecule has 0 aromatic carbocycles. The Morgan fingerprint density at radius 1 is 1.00 bits per heavy atom. The number of nitrogens with one attached hydrogen (secondary N) is 2. The normalized spacial score (nSPS) is 13.0. The molecule has 4 N–H and O–H groups in total. The van der Waals surface area contributed by atoms with Gasteiger partial charge in [0.05, 0.1) is 0 Å². The van der Waals surface area contributed by atoms with E-state index < -0.39 is 35.7 Å². The highest BCUT2D eigenvalue weighted by Gasteiger charge is 2.38. The molecular formula is C10H18N4O4S2. The van der Waals surface area contributed by atoms with E-state index in [-0.39, 0.29) is 11.5 Å². The zero-order chi connectivity index (χ0) is 15.9. The maximum atomic E-state index is 11.9. The van der Waals surface area contributed by atoms with Crippen LogP contribution in [0, 0.1) is 0 Å². The summed E-state index contributed by atoms with van der Waals surface area (Å²) in [4.78, 5) is 47.4. The summed E-state index contributed by atoms with van der Waals surface area (Å²) in [5.41, 5.74) is 4.96. The van der Waals surface area contributed by atoms with E-state index in [0.29, 0.717) is 0 Å². The Hall–Kier alpha value is -1.42. The van der Waals surface area contributed by atoms with Crippen LogP contribution in [0.5, 0.6) is 0 Å². The van der Waals surface area contributed by atoms with Crippen molar-refractivity contribution in [3.05, 3.63) is 0 Å². The minimum Gasteiger partial charge on any atom is -0.361 e. The number of carbonyl (C=O) groups is 4. The molecule has 0 aliphatic rings. The van der Waals surface area contributed by atoms with Crippen LogP contribution in [0.25, 0.3) is 0 Å². The number of primary amides is 1. The predicted octanol–water partition coefficient (Wildman–Crippen LogP) is -2.61. The molecule has 20 heavy (non-hydrogen) atoms. The Labute approximate surface area is 127 Å². The molecule has 0 rings (SSSR count). The van der Waals surface area contributed by atoms with Crippen LogP contribution in [0.4, 0.5) is 0 Å². The minimum atomic E-state index is -1.27. The molecule has 2 atom stereocenters. The van der Waals surface area contributed by atoms with Gasteiger partial charge in [0.1, 0.15) is 12.1 Å². The highest BCUT2D eigenvalue weighted by atomic mass is 32.1. The Morgan fingerprint density at radius 2 is 1.35 bits per heavy atom. The van der Waals surface area contributed by atoms with E-state index >= 15 is 0 Å². The Balaban J connectivity index is 5.67. The lowest BCUT2D eigenvalue weighted by Crippen LogP contribution is -2.61. The van der Waals surface area contributed by atoms with Crippen LogP contribution in [-0.4, -0.2) is 66.2 Å². The molecular weight excluding hydrogens is 304 g/mol. The third kappa shape index (κ3) is 4.30. The van der Waals surface area contributed by atoms with Crippen molar-refractivity contribution in [1.29, 1.82) is 0 Å². The van der Waals surface area contributed by atoms with Crippen LogP contribution in [0.15, 0.2) is 0 Å². The summed E-state index contributed by atoms with van der Waals surface area (Å²) >= 11 is 7.96. The van der Waals surface area contributed by atoms with Gasteiger partial charge in [0.15, 0.2) is 0 Å². The average molecular weight is 322 g/mol. The van der Waals surface area contributed by atoms with Gasteiger partial charge in [-0.2, -0.15) is 25.3 Å². The van der Waals surface area contributed by atoms with Crippen molar-refractivity contribution in [2.24, 2.45) is 5.73 Å². The summed E-state index contributed by atoms with van der Waals surface area (Å²) in [6.07, 6.45) is 0. The number of rotatable bonds is 6. The smallest absolute Gasteiger partial charge is 0.313 e. The van der Waals surface area contributed by atoms with Crippen molar-refractivity contribution >= 4 is 48.9 Å². The van der Waals surface area contributed by atoms with Crippen LogP contribution < -0.4 is 16.4 Å². The van der Waals surface area contributed by atoms with Gasteiger partial charge in [0, 0.05) is 25.6 Å². The fourth-order valence-corrected chi connectivity index (χ4v) is 2.24. The van der Waals surface area contributed by atoms with Crippen LogP contribution in [0.3, 0.4) is 0 Å². The van der Waals surface area contributed by atoms with Gasteiger partial charge in [0.25, 0.3) is 0 Å². The summed E-state index contributed by atoms with van der Waals surface area (Å²) in [7, 11) is 2.72. The molecule has 0 aromatic rings. The van der Waals surface area contributed by atoms with E-state index in [9.17, 15) is 19.2 Å². The fraction of sp³-hybridized carbons (Fsp3) is 0.600. The maximum Gasteiger partial charge on any atom is 0.313 e. The Bertz CT molecular complexity index is 381. The molecule has 0 aromatic heterocycles. The maximum absolute atomic E-state index is 11.9. The van der Waals surface area contributed by atoms with E-state index in [0.717, 1.165) is 4.90 Å². The molecule has 8 nitrogen and oxygen atoms in total. The van der Waals surface area contributed by atoms with Crippen LogP contribution in [-0.2, 0) is 19.2 Å². The second-order valence-electron chi connectivity index (χ2n) is 3.70. The highest BCUT2D eigenvalue weighted by molar-refractivity contribution is 7.80. The molecule has 0 aliphatic carbocycles. The lowest BCUT2D eigenvalue weighted by molar-refractivity contribution is -0.151. The fourth-order valence-electron chi connectivity index (χ4n) is 1.56. The molecule has 0 radical (unpaired) electrons. The second kappa shape index (κ2) is 8.69. The number of hydrogen-bond donors (Lipinski definition) is 5. The first-order chi connectivity index (χ1) is 9.35. The zero-order valence-electron chi connectivity index (χ0n) is 11.1. The van der Waals surface area contributed by atoms with Gasteiger partial charge in [-0.1, -0.05) is 0 Å². The number of hydrogen-bond acceptors (Lipinski definition) is 6. The number of nitrogens with two attached hydrogens (primary N) is 1. The van der Waals surface area contributed by atoms with Gasteiger partial charge in [-0.05, 0) is 0 Å². The summed E-state index contributed by atoms with van der Waals surface area (Å²) in [6, 6.07) is -2.23. The second-order valence-corrected chi connectivity index (χ2v) is 4.43. The number of amides is 4. The molecule has 0 heterocycles. The average Bonchev–Trinajstić information content (AvgIpc) is 2.45. The number of carbonyl (C=O) groups excluding carboxylic acids is 4. The monoisotopic (exact) mass is 322 g/mol. The lowest BCUT2D eigenvalue weighted by atomic mass is 10.1. The van der Waals surface area contributed by atoms with Crippen molar-refractivity contribution < 1.29 is 19.2 Å². The van der Waals surface area contributed by atoms with Crippen molar-refractivity contribution in [3.8, 4) is 0 Å². The number of nitrogens with zero attached hydrogens (tertiary/aromatic N) is 1. The van der Waals surface area contributed by atoms with E-state index in [1.165, 1.54) is 14.1 Å². The molecule has 0 fully saturated rings. The van der Waals surface area contributed by atoms with Gasteiger partial charge in [-0.3, -0.25) is 19.2 Å². The lowest BCUT2D eigenvalue weighted by Gasteiger charge is -2.33. The minimum absolute atomic E-state index is 0.0834.